The second kappa shape index (κ2) is 10.3. The molecule has 0 saturated carbocycles. The molecule has 3 rings (SSSR count). The molecule has 1 aliphatic rings. The van der Waals surface area contributed by atoms with E-state index in [4.69, 9.17) is 0 Å². The molecule has 1 aromatic carbocycles. The molecule has 3 N–H and O–H groups in total. The van der Waals surface area contributed by atoms with Gasteiger partial charge in [0.1, 0.15) is 0 Å². The summed E-state index contributed by atoms with van der Waals surface area (Å²) < 4.78 is 0. The van der Waals surface area contributed by atoms with Gasteiger partial charge in [-0.3, -0.25) is 4.79 Å². The van der Waals surface area contributed by atoms with Crippen molar-refractivity contribution in [3.05, 3.63) is 76.7 Å². The Hall–Kier alpha value is -3.06. The molecule has 1 aliphatic carbocycles. The molecule has 0 saturated heterocycles. The van der Waals surface area contributed by atoms with Crippen molar-refractivity contribution >= 4 is 5.91 Å². The number of benzene rings is 1. The highest BCUT2D eigenvalue weighted by Gasteiger charge is 2.44. The summed E-state index contributed by atoms with van der Waals surface area (Å²) in [6.45, 7) is 9.84. The number of H-pyrrole nitrogens is 1. The molecule has 2 aromatic rings. The maximum absolute atomic E-state index is 12.3. The lowest BCUT2D eigenvalue weighted by atomic mass is 9.68. The van der Waals surface area contributed by atoms with Crippen molar-refractivity contribution in [3.8, 4) is 0 Å². The Bertz CT molecular complexity index is 976. The first kappa shape index (κ1) is 22.6. The Kier molecular flexibility index (Phi) is 7.52. The van der Waals surface area contributed by atoms with Crippen molar-refractivity contribution in [1.29, 1.82) is 0 Å². The third-order valence-electron chi connectivity index (χ3n) is 6.07. The lowest BCUT2D eigenvalue weighted by Gasteiger charge is -2.35. The minimum Gasteiger partial charge on any atom is -0.355 e. The van der Waals surface area contributed by atoms with E-state index in [1.54, 1.807) is 13.1 Å². The van der Waals surface area contributed by atoms with E-state index in [9.17, 15) is 4.79 Å². The predicted molar refractivity (Wildman–Crippen MR) is 123 cm³/mol. The average molecular weight is 421 g/mol. The summed E-state index contributed by atoms with van der Waals surface area (Å²) >= 11 is 0. The summed E-state index contributed by atoms with van der Waals surface area (Å²) in [5.74, 6) is 0.566. The number of carbonyl (C=O) groups excluding carboxylic acids is 1. The maximum atomic E-state index is 12.3. The first-order chi connectivity index (χ1) is 15.1. The molecular weight excluding hydrogens is 388 g/mol. The van der Waals surface area contributed by atoms with Crippen molar-refractivity contribution in [2.24, 2.45) is 0 Å². The zero-order chi connectivity index (χ0) is 22.3. The minimum absolute atomic E-state index is 0.0830. The molecule has 1 amide bonds. The number of aromatic nitrogens is 4. The highest BCUT2D eigenvalue weighted by atomic mass is 16.1. The molecule has 0 radical (unpaired) electrons. The summed E-state index contributed by atoms with van der Waals surface area (Å²) in [6, 6.07) is 5.98. The molecule has 31 heavy (non-hydrogen) atoms. The number of fused-ring (bicyclic) bond motifs is 1. The second-order valence-electron chi connectivity index (χ2n) is 7.66. The Morgan fingerprint density at radius 2 is 2.16 bits per heavy atom. The lowest BCUT2D eigenvalue weighted by molar-refractivity contribution is 0.0963. The predicted octanol–water partition coefficient (Wildman–Crippen LogP) is 3.24. The van der Waals surface area contributed by atoms with Crippen molar-refractivity contribution in [3.63, 3.8) is 0 Å². The van der Waals surface area contributed by atoms with Crippen LogP contribution in [-0.2, 0) is 11.8 Å². The number of tetrazole rings is 1. The van der Waals surface area contributed by atoms with Gasteiger partial charge in [-0.1, -0.05) is 55.5 Å². The molecule has 1 aromatic heterocycles. The highest BCUT2D eigenvalue weighted by Crippen LogP contribution is 2.47. The quantitative estimate of drug-likeness (QED) is 0.428. The largest absolute Gasteiger partial charge is 0.355 e. The number of carbonyl (C=O) groups is 1. The Labute approximate surface area is 184 Å². The SMILES string of the molecule is C=C/C=C\C1=C(CC)CCc2cc(C(=O)NC)ccc2C1(CCNCC)c1nn[nH]n1. The molecule has 7 heteroatoms. The lowest BCUT2D eigenvalue weighted by Crippen LogP contribution is -2.36. The fourth-order valence-electron chi connectivity index (χ4n) is 4.58. The number of rotatable bonds is 9. The molecule has 0 bridgehead atoms. The van der Waals surface area contributed by atoms with Crippen molar-refractivity contribution in [2.45, 2.75) is 44.9 Å². The molecule has 0 fully saturated rings. The molecule has 1 atom stereocenters. The van der Waals surface area contributed by atoms with Gasteiger partial charge in [-0.05, 0) is 67.6 Å². The Balaban J connectivity index is 2.33. The molecule has 1 unspecified atom stereocenters. The summed E-state index contributed by atoms with van der Waals surface area (Å²) in [5.41, 5.74) is 4.92. The van der Waals surface area contributed by atoms with E-state index < -0.39 is 5.41 Å². The van der Waals surface area contributed by atoms with Gasteiger partial charge < -0.3 is 10.6 Å². The van der Waals surface area contributed by atoms with Gasteiger partial charge in [0.15, 0.2) is 5.82 Å². The van der Waals surface area contributed by atoms with E-state index in [1.807, 2.05) is 18.2 Å². The molecule has 1 heterocycles. The van der Waals surface area contributed by atoms with Crippen LogP contribution in [0.2, 0.25) is 0 Å². The second-order valence-corrected chi connectivity index (χ2v) is 7.66. The smallest absolute Gasteiger partial charge is 0.251 e. The molecule has 164 valence electrons. The van der Waals surface area contributed by atoms with Gasteiger partial charge >= 0.3 is 0 Å². The van der Waals surface area contributed by atoms with Crippen LogP contribution in [0.25, 0.3) is 0 Å². The van der Waals surface area contributed by atoms with E-state index in [0.717, 1.165) is 49.9 Å². The van der Waals surface area contributed by atoms with Crippen LogP contribution in [0, 0.1) is 0 Å². The van der Waals surface area contributed by atoms with Gasteiger partial charge in [-0.15, -0.1) is 10.2 Å². The fourth-order valence-corrected chi connectivity index (χ4v) is 4.58. The Morgan fingerprint density at radius 3 is 2.81 bits per heavy atom. The van der Waals surface area contributed by atoms with Gasteiger partial charge in [0.2, 0.25) is 0 Å². The minimum atomic E-state index is -0.576. The zero-order valence-corrected chi connectivity index (χ0v) is 18.7. The molecule has 7 nitrogen and oxygen atoms in total. The average Bonchev–Trinajstić information content (AvgIpc) is 3.30. The molecule has 0 spiro atoms. The van der Waals surface area contributed by atoms with Gasteiger partial charge in [0, 0.05) is 12.6 Å². The number of allylic oxidation sites excluding steroid dienone is 5. The van der Waals surface area contributed by atoms with Crippen molar-refractivity contribution in [2.75, 3.05) is 20.1 Å². The van der Waals surface area contributed by atoms with E-state index in [1.165, 1.54) is 11.1 Å². The topological polar surface area (TPSA) is 95.6 Å². The Morgan fingerprint density at radius 1 is 1.32 bits per heavy atom. The third-order valence-corrected chi connectivity index (χ3v) is 6.07. The monoisotopic (exact) mass is 420 g/mol. The summed E-state index contributed by atoms with van der Waals surface area (Å²) in [4.78, 5) is 12.3. The van der Waals surface area contributed by atoms with Crippen LogP contribution in [0.3, 0.4) is 0 Å². The third kappa shape index (κ3) is 4.37. The van der Waals surface area contributed by atoms with Crippen LogP contribution in [0.1, 0.15) is 60.4 Å². The highest BCUT2D eigenvalue weighted by molar-refractivity contribution is 5.94. The standard InChI is InChI=1S/C24H32N6O/c1-5-8-9-20-17(6-2)10-11-18-16-19(22(31)25-4)12-13-21(18)24(20,14-15-26-7-3)23-27-29-30-28-23/h5,8-9,12-13,16,26H,1,6-7,10-11,14-15H2,2-4H3,(H,25,31)(H,27,28,29,30)/b9-8-. The first-order valence-corrected chi connectivity index (χ1v) is 10.9. The van der Waals surface area contributed by atoms with Crippen LogP contribution in [0.5, 0.6) is 0 Å². The number of nitrogens with zero attached hydrogens (tertiary/aromatic N) is 3. The van der Waals surface area contributed by atoms with Crippen LogP contribution in [0.15, 0.2) is 54.2 Å². The van der Waals surface area contributed by atoms with Crippen LogP contribution in [0.4, 0.5) is 0 Å². The number of amides is 1. The van der Waals surface area contributed by atoms with E-state index >= 15 is 0 Å². The summed E-state index contributed by atoms with van der Waals surface area (Å²) in [5, 5.41) is 21.7. The number of hydrogen-bond acceptors (Lipinski definition) is 5. The number of nitrogens with one attached hydrogen (secondary N) is 3. The summed E-state index contributed by atoms with van der Waals surface area (Å²) in [6.07, 6.45) is 9.40. The van der Waals surface area contributed by atoms with Gasteiger partial charge in [-0.2, -0.15) is 5.21 Å². The molecule has 0 aliphatic heterocycles. The van der Waals surface area contributed by atoms with Gasteiger partial charge in [0.05, 0.1) is 5.41 Å². The van der Waals surface area contributed by atoms with E-state index in [-0.39, 0.29) is 5.91 Å². The van der Waals surface area contributed by atoms with Gasteiger partial charge in [0.25, 0.3) is 5.91 Å². The van der Waals surface area contributed by atoms with Crippen LogP contribution < -0.4 is 10.6 Å². The number of aromatic amines is 1. The van der Waals surface area contributed by atoms with Gasteiger partial charge in [-0.25, -0.2) is 0 Å². The van der Waals surface area contributed by atoms with Crippen LogP contribution in [-0.4, -0.2) is 46.7 Å². The maximum Gasteiger partial charge on any atom is 0.251 e. The van der Waals surface area contributed by atoms with E-state index in [2.05, 4.69) is 63.8 Å². The summed E-state index contributed by atoms with van der Waals surface area (Å²) in [7, 11) is 1.66. The fraction of sp³-hybridized carbons (Fsp3) is 0.417. The van der Waals surface area contributed by atoms with Crippen molar-refractivity contribution < 1.29 is 4.79 Å². The number of hydrogen-bond donors (Lipinski definition) is 3. The van der Waals surface area contributed by atoms with Crippen LogP contribution >= 0.6 is 0 Å². The van der Waals surface area contributed by atoms with E-state index in [0.29, 0.717) is 11.4 Å². The number of aryl methyl sites for hydroxylation is 1. The van der Waals surface area contributed by atoms with Crippen molar-refractivity contribution in [1.82, 2.24) is 31.3 Å². The first-order valence-electron chi connectivity index (χ1n) is 10.9. The molecular formula is C24H32N6O. The normalized spacial score (nSPS) is 18.7. The zero-order valence-electron chi connectivity index (χ0n) is 18.7.